The van der Waals surface area contributed by atoms with E-state index in [0.29, 0.717) is 5.75 Å². The number of nitrogens with zero attached hydrogens (tertiary/aromatic N) is 2. The first-order chi connectivity index (χ1) is 7.98. The zero-order valence-electron chi connectivity index (χ0n) is 13.7. The molecule has 118 valence electrons. The predicted octanol–water partition coefficient (Wildman–Crippen LogP) is -3.88. The smallest absolute Gasteiger partial charge is 0.133 e. The molecule has 0 unspecified atom stereocenters. The van der Waals surface area contributed by atoms with Crippen molar-refractivity contribution in [2.75, 3.05) is 42.3 Å². The lowest BCUT2D eigenvalue weighted by molar-refractivity contribution is -0.884. The van der Waals surface area contributed by atoms with Gasteiger partial charge in [0, 0.05) is 11.1 Å². The highest BCUT2D eigenvalue weighted by Gasteiger charge is 2.19. The van der Waals surface area contributed by atoms with Gasteiger partial charge in [-0.25, -0.2) is 0 Å². The minimum atomic E-state index is 0. The third kappa shape index (κ3) is 7.99. The van der Waals surface area contributed by atoms with Crippen molar-refractivity contribution in [3.63, 3.8) is 0 Å². The van der Waals surface area contributed by atoms with Crippen LogP contribution >= 0.6 is 0 Å². The Labute approximate surface area is 158 Å². The topological polar surface area (TPSA) is 20.2 Å². The van der Waals surface area contributed by atoms with Crippen LogP contribution in [0.3, 0.4) is 0 Å². The number of phenols is 1. The second-order valence-electron chi connectivity index (χ2n) is 7.33. The Balaban J connectivity index is 0. The molecule has 0 bridgehead atoms. The van der Waals surface area contributed by atoms with E-state index >= 15 is 0 Å². The maximum atomic E-state index is 10.4. The third-order valence-electron chi connectivity index (χ3n) is 2.70. The van der Waals surface area contributed by atoms with Gasteiger partial charge in [0.05, 0.1) is 42.3 Å². The number of quaternary nitrogens is 2. The van der Waals surface area contributed by atoms with E-state index in [2.05, 4.69) is 61.3 Å². The van der Waals surface area contributed by atoms with Gasteiger partial charge in [-0.15, -0.1) is 0 Å². The molecule has 0 fully saturated rings. The monoisotopic (exact) mass is 506 g/mol. The van der Waals surface area contributed by atoms with Crippen LogP contribution in [0, 0.1) is 6.92 Å². The van der Waals surface area contributed by atoms with Crippen LogP contribution in [0.5, 0.6) is 5.75 Å². The van der Waals surface area contributed by atoms with E-state index in [0.717, 1.165) is 33.2 Å². The Bertz CT molecular complexity index is 397. The molecule has 0 aliphatic rings. The molecule has 1 rings (SSSR count). The Morgan fingerprint density at radius 2 is 1.10 bits per heavy atom. The number of hydrogen-bond acceptors (Lipinski definition) is 1. The fourth-order valence-corrected chi connectivity index (χ4v) is 2.20. The van der Waals surface area contributed by atoms with Crippen molar-refractivity contribution in [1.29, 1.82) is 0 Å². The molecular weight excluding hydrogens is 478 g/mol. The molecule has 5 heteroatoms. The van der Waals surface area contributed by atoms with E-state index in [-0.39, 0.29) is 48.0 Å². The molecule has 0 aliphatic heterocycles. The molecule has 0 aromatic heterocycles. The van der Waals surface area contributed by atoms with Gasteiger partial charge in [-0.2, -0.15) is 0 Å². The molecule has 0 atom stereocenters. The van der Waals surface area contributed by atoms with Gasteiger partial charge < -0.3 is 62.0 Å². The van der Waals surface area contributed by atoms with Crippen LogP contribution < -0.4 is 48.0 Å². The molecule has 0 heterocycles. The number of rotatable bonds is 4. The van der Waals surface area contributed by atoms with Crippen LogP contribution in [0.25, 0.3) is 0 Å². The Morgan fingerprint density at radius 1 is 0.800 bits per heavy atom. The fourth-order valence-electron chi connectivity index (χ4n) is 2.20. The van der Waals surface area contributed by atoms with Crippen molar-refractivity contribution >= 4 is 0 Å². The van der Waals surface area contributed by atoms with E-state index in [9.17, 15) is 5.11 Å². The summed E-state index contributed by atoms with van der Waals surface area (Å²) in [5, 5.41) is 10.4. The van der Waals surface area contributed by atoms with Gasteiger partial charge in [0.15, 0.2) is 0 Å². The number of aryl methyl sites for hydroxylation is 1. The molecule has 20 heavy (non-hydrogen) atoms. The lowest BCUT2D eigenvalue weighted by Gasteiger charge is -2.27. The third-order valence-corrected chi connectivity index (χ3v) is 2.70. The van der Waals surface area contributed by atoms with Crippen LogP contribution in [-0.4, -0.2) is 56.4 Å². The maximum Gasteiger partial charge on any atom is 0.133 e. The largest absolute Gasteiger partial charge is 1.00 e. The Hall–Kier alpha value is 0.400. The first-order valence-electron chi connectivity index (χ1n) is 6.40. The van der Waals surface area contributed by atoms with Gasteiger partial charge in [-0.05, 0) is 24.6 Å². The van der Waals surface area contributed by atoms with Crippen LogP contribution in [-0.2, 0) is 13.1 Å². The van der Waals surface area contributed by atoms with Gasteiger partial charge in [0.2, 0.25) is 0 Å². The highest BCUT2D eigenvalue weighted by atomic mass is 127. The summed E-state index contributed by atoms with van der Waals surface area (Å²) in [7, 11) is 12.8. The molecular formula is C15H28I2N2O. The maximum absolute atomic E-state index is 10.4. The quantitative estimate of drug-likeness (QED) is 0.328. The predicted molar refractivity (Wildman–Crippen MR) is 76.3 cm³/mol. The number of benzene rings is 1. The molecule has 0 aliphatic carbocycles. The molecule has 1 N–H and O–H groups in total. The molecule has 3 nitrogen and oxygen atoms in total. The first kappa shape index (κ1) is 22.7. The lowest BCUT2D eigenvalue weighted by atomic mass is 10.0. The van der Waals surface area contributed by atoms with Crippen LogP contribution in [0.4, 0.5) is 0 Å². The van der Waals surface area contributed by atoms with Gasteiger partial charge in [-0.3, -0.25) is 0 Å². The summed E-state index contributed by atoms with van der Waals surface area (Å²) in [4.78, 5) is 0. The summed E-state index contributed by atoms with van der Waals surface area (Å²) < 4.78 is 1.64. The Morgan fingerprint density at radius 3 is 1.35 bits per heavy atom. The summed E-state index contributed by atoms with van der Waals surface area (Å²) >= 11 is 0. The zero-order valence-corrected chi connectivity index (χ0v) is 18.0. The number of phenolic OH excluding ortho intramolecular Hbond substituents is 1. The zero-order chi connectivity index (χ0) is 14.1. The standard InChI is InChI=1S/C15H27N2O.2HI/c1-12-8-13(10-16(2,3)4)15(18)14(9-12)11-17(5,6)7;;/h8-9H,10-11H2,1-7H3;2*1H/q+1;;/p-1. The average Bonchev–Trinajstić information content (AvgIpc) is 2.07. The number of aromatic hydroxyl groups is 1. The van der Waals surface area contributed by atoms with Crippen molar-refractivity contribution in [2.24, 2.45) is 0 Å². The highest BCUT2D eigenvalue weighted by Crippen LogP contribution is 2.28. The minimum Gasteiger partial charge on any atom is -1.00 e. The van der Waals surface area contributed by atoms with Gasteiger partial charge in [-0.1, -0.05) is 0 Å². The normalized spacial score (nSPS) is 11.6. The molecule has 0 amide bonds. The molecule has 0 radical (unpaired) electrons. The van der Waals surface area contributed by atoms with Gasteiger partial charge in [0.1, 0.15) is 18.8 Å². The molecule has 0 saturated carbocycles. The summed E-state index contributed by atoms with van der Waals surface area (Å²) in [6.45, 7) is 3.78. The lowest BCUT2D eigenvalue weighted by Crippen LogP contribution is -3.00. The van der Waals surface area contributed by atoms with Crippen LogP contribution in [0.15, 0.2) is 12.1 Å². The van der Waals surface area contributed by atoms with E-state index in [1.165, 1.54) is 5.56 Å². The van der Waals surface area contributed by atoms with Crippen LogP contribution in [0.1, 0.15) is 16.7 Å². The van der Waals surface area contributed by atoms with Crippen molar-refractivity contribution in [3.05, 3.63) is 28.8 Å². The minimum absolute atomic E-state index is 0. The van der Waals surface area contributed by atoms with E-state index < -0.39 is 0 Å². The number of halogens is 2. The average molecular weight is 506 g/mol. The van der Waals surface area contributed by atoms with Crippen molar-refractivity contribution in [3.8, 4) is 5.75 Å². The Kier molecular flexibility index (Phi) is 9.23. The summed E-state index contributed by atoms with van der Waals surface area (Å²) in [5.41, 5.74) is 3.32. The van der Waals surface area contributed by atoms with E-state index in [1.54, 1.807) is 0 Å². The van der Waals surface area contributed by atoms with E-state index in [4.69, 9.17) is 0 Å². The summed E-state index contributed by atoms with van der Waals surface area (Å²) in [6, 6.07) is 4.19. The second kappa shape index (κ2) is 8.14. The fraction of sp³-hybridized carbons (Fsp3) is 0.600. The summed E-state index contributed by atoms with van der Waals surface area (Å²) in [5.74, 6) is 0.474. The number of hydrogen-bond donors (Lipinski definition) is 1. The first-order valence-corrected chi connectivity index (χ1v) is 6.40. The van der Waals surface area contributed by atoms with Gasteiger partial charge >= 0.3 is 0 Å². The molecule has 1 aromatic carbocycles. The molecule has 1 aromatic rings. The van der Waals surface area contributed by atoms with Gasteiger partial charge in [0.25, 0.3) is 0 Å². The second-order valence-corrected chi connectivity index (χ2v) is 7.33. The van der Waals surface area contributed by atoms with Crippen molar-refractivity contribution < 1.29 is 62.0 Å². The summed E-state index contributed by atoms with van der Waals surface area (Å²) in [6.07, 6.45) is 0. The molecule has 0 saturated heterocycles. The van der Waals surface area contributed by atoms with Crippen molar-refractivity contribution in [1.82, 2.24) is 0 Å². The SMILES string of the molecule is Cc1cc(C[N+](C)(C)C)c(O)c(C[N+](C)(C)C)c1.[I-].[I-]. The van der Waals surface area contributed by atoms with Crippen LogP contribution in [0.2, 0.25) is 0 Å². The highest BCUT2D eigenvalue weighted by molar-refractivity contribution is 5.42. The molecule has 0 spiro atoms. The van der Waals surface area contributed by atoms with E-state index in [1.807, 2.05) is 0 Å². The van der Waals surface area contributed by atoms with Crippen molar-refractivity contribution in [2.45, 2.75) is 20.0 Å².